The van der Waals surface area contributed by atoms with Crippen molar-refractivity contribution in [2.24, 2.45) is 0 Å². The van der Waals surface area contributed by atoms with Gasteiger partial charge in [0, 0.05) is 23.9 Å². The molecule has 0 saturated carbocycles. The molecule has 11 heteroatoms. The van der Waals surface area contributed by atoms with Crippen LogP contribution in [0.5, 0.6) is 0 Å². The van der Waals surface area contributed by atoms with Gasteiger partial charge in [0.1, 0.15) is 18.3 Å². The zero-order valence-corrected chi connectivity index (χ0v) is 17.5. The second kappa shape index (κ2) is 7.95. The van der Waals surface area contributed by atoms with Crippen molar-refractivity contribution < 1.29 is 34.0 Å². The molecule has 160 valence electrons. The Hall–Kier alpha value is -1.13. The summed E-state index contributed by atoms with van der Waals surface area (Å²) < 4.78 is 23.6. The molecule has 28 heavy (non-hydrogen) atoms. The van der Waals surface area contributed by atoms with E-state index in [9.17, 15) is 29.6 Å². The summed E-state index contributed by atoms with van der Waals surface area (Å²) in [4.78, 5) is 27.5. The Balaban J connectivity index is 2.23. The lowest BCUT2D eigenvalue weighted by Gasteiger charge is -2.36. The third-order valence-electron chi connectivity index (χ3n) is 5.13. The van der Waals surface area contributed by atoms with E-state index in [1.165, 1.54) is 20.0 Å². The molecule has 10 nitrogen and oxygen atoms in total. The minimum atomic E-state index is -4.39. The normalized spacial score (nSPS) is 30.0. The first-order valence-electron chi connectivity index (χ1n) is 9.04. The van der Waals surface area contributed by atoms with Gasteiger partial charge in [-0.1, -0.05) is 6.92 Å². The first-order valence-corrected chi connectivity index (χ1v) is 10.6. The largest absolute Gasteiger partial charge is 0.388 e. The maximum atomic E-state index is 12.4. The van der Waals surface area contributed by atoms with Crippen LogP contribution in [0, 0.1) is 6.92 Å². The number of hydrogen-bond donors (Lipinski definition) is 5. The molecule has 1 aromatic heterocycles. The number of aryl methyl sites for hydroxylation is 1. The Morgan fingerprint density at radius 3 is 2.43 bits per heavy atom. The Morgan fingerprint density at radius 1 is 1.32 bits per heavy atom. The summed E-state index contributed by atoms with van der Waals surface area (Å²) >= 11 is 0. The van der Waals surface area contributed by atoms with Crippen LogP contribution in [0.2, 0.25) is 0 Å². The van der Waals surface area contributed by atoms with Crippen molar-refractivity contribution in [2.45, 2.75) is 82.8 Å². The summed E-state index contributed by atoms with van der Waals surface area (Å²) in [5, 5.41) is 28.8. The van der Waals surface area contributed by atoms with E-state index in [4.69, 9.17) is 9.26 Å². The lowest BCUT2D eigenvalue weighted by atomic mass is 9.92. The van der Waals surface area contributed by atoms with Crippen LogP contribution >= 0.6 is 7.60 Å². The quantitative estimate of drug-likeness (QED) is 0.400. The summed E-state index contributed by atoms with van der Waals surface area (Å²) in [6, 6.07) is 0. The number of hydrogen-bond acceptors (Lipinski definition) is 8. The lowest BCUT2D eigenvalue weighted by Crippen LogP contribution is -2.39. The first-order chi connectivity index (χ1) is 12.7. The molecule has 6 atom stereocenters. The molecule has 0 radical (unpaired) electrons. The number of aromatic amines is 1. The van der Waals surface area contributed by atoms with Crippen LogP contribution in [0.1, 0.15) is 57.9 Å². The Bertz CT molecular complexity index is 807. The van der Waals surface area contributed by atoms with E-state index >= 15 is 0 Å². The maximum Gasteiger partial charge on any atom is 0.359 e. The number of rotatable bonds is 7. The molecule has 1 aliphatic heterocycles. The second-order valence-electron chi connectivity index (χ2n) is 7.96. The van der Waals surface area contributed by atoms with Crippen LogP contribution in [-0.2, 0) is 13.8 Å². The van der Waals surface area contributed by atoms with Crippen LogP contribution in [0.4, 0.5) is 0 Å². The summed E-state index contributed by atoms with van der Waals surface area (Å²) in [6.45, 7) is 7.28. The Morgan fingerprint density at radius 2 is 1.93 bits per heavy atom. The molecular weight excluding hydrogens is 391 g/mol. The fraction of sp³-hybridized carbons (Fsp3) is 0.765. The highest BCUT2D eigenvalue weighted by molar-refractivity contribution is 7.54. The summed E-state index contributed by atoms with van der Waals surface area (Å²) in [6.07, 6.45) is -2.84. The molecule has 0 amide bonds. The third-order valence-corrected chi connectivity index (χ3v) is 7.21. The predicted octanol–water partition coefficient (Wildman–Crippen LogP) is 0.729. The molecule has 1 aromatic rings. The average molecular weight is 420 g/mol. The molecular formula is C17H29N2O8P. The number of aliphatic hydroxyl groups is 3. The van der Waals surface area contributed by atoms with Gasteiger partial charge < -0.3 is 34.5 Å². The molecule has 3 unspecified atom stereocenters. The molecule has 2 rings (SSSR count). The highest BCUT2D eigenvalue weighted by atomic mass is 31.2. The number of H-pyrrole nitrogens is 1. The molecule has 0 aromatic carbocycles. The molecule has 0 aliphatic carbocycles. The van der Waals surface area contributed by atoms with E-state index < -0.39 is 48.6 Å². The van der Waals surface area contributed by atoms with Crippen LogP contribution < -0.4 is 5.69 Å². The molecule has 0 spiro atoms. The van der Waals surface area contributed by atoms with Gasteiger partial charge in [0.25, 0.3) is 0 Å². The minimum Gasteiger partial charge on any atom is -0.388 e. The topological polar surface area (TPSA) is 162 Å². The minimum absolute atomic E-state index is 0.00527. The molecule has 1 aliphatic rings. The summed E-state index contributed by atoms with van der Waals surface area (Å²) in [5.74, 6) is 0. The van der Waals surface area contributed by atoms with Gasteiger partial charge in [-0.15, -0.1) is 0 Å². The Kier molecular flexibility index (Phi) is 6.57. The van der Waals surface area contributed by atoms with Crippen molar-refractivity contribution in [3.8, 4) is 0 Å². The van der Waals surface area contributed by atoms with Crippen LogP contribution in [0.25, 0.3) is 0 Å². The van der Waals surface area contributed by atoms with Crippen LogP contribution in [0.3, 0.4) is 0 Å². The summed E-state index contributed by atoms with van der Waals surface area (Å²) in [7, 11) is -4.39. The number of aliphatic hydroxyl groups excluding tert-OH is 2. The van der Waals surface area contributed by atoms with Gasteiger partial charge in [0.15, 0.2) is 5.34 Å². The van der Waals surface area contributed by atoms with Gasteiger partial charge in [-0.2, -0.15) is 0 Å². The monoisotopic (exact) mass is 420 g/mol. The van der Waals surface area contributed by atoms with Crippen molar-refractivity contribution in [1.29, 1.82) is 0 Å². The standard InChI is InChI=1S/C17H29N2O8P/c1-6-17(5,27-28(24,25)16(3,4)23)7-11-12(20)13(21)14(26-11)10-8-18-15(22)19-9(10)2/h8,11-14,20-21,23H,6-7H2,1-5H3,(H,24,25)(H,18,19,22)/t11-,12?,13+,14+,17?/m1/s1. The van der Waals surface area contributed by atoms with E-state index in [1.807, 2.05) is 0 Å². The Labute approximate surface area is 163 Å². The SMILES string of the molecule is CCC(C)(C[C@H]1O[C@@H](c2cnc(=O)[nH]c2C)[C@@H](O)C1O)OP(=O)(O)C(C)(C)O. The molecule has 1 fully saturated rings. The van der Waals surface area contributed by atoms with Crippen molar-refractivity contribution in [3.63, 3.8) is 0 Å². The highest BCUT2D eigenvalue weighted by Crippen LogP contribution is 2.57. The molecule has 2 heterocycles. The summed E-state index contributed by atoms with van der Waals surface area (Å²) in [5.41, 5.74) is -0.864. The number of nitrogens with one attached hydrogen (secondary N) is 1. The van der Waals surface area contributed by atoms with Gasteiger partial charge in [-0.3, -0.25) is 4.57 Å². The smallest absolute Gasteiger partial charge is 0.359 e. The van der Waals surface area contributed by atoms with Gasteiger partial charge in [-0.05, 0) is 34.1 Å². The first kappa shape index (κ1) is 23.2. The van der Waals surface area contributed by atoms with Gasteiger partial charge in [-0.25, -0.2) is 9.78 Å². The fourth-order valence-electron chi connectivity index (χ4n) is 3.03. The van der Waals surface area contributed by atoms with Crippen LogP contribution in [-0.4, -0.2) is 59.4 Å². The van der Waals surface area contributed by atoms with Gasteiger partial charge >= 0.3 is 13.3 Å². The van der Waals surface area contributed by atoms with Gasteiger partial charge in [0.05, 0.1) is 11.7 Å². The van der Waals surface area contributed by atoms with E-state index in [0.29, 0.717) is 17.7 Å². The number of nitrogens with zero attached hydrogens (tertiary/aromatic N) is 1. The second-order valence-corrected chi connectivity index (χ2v) is 10.3. The van der Waals surface area contributed by atoms with Crippen molar-refractivity contribution >= 4 is 7.60 Å². The number of aromatic nitrogens is 2. The molecule has 5 N–H and O–H groups in total. The molecule has 0 bridgehead atoms. The molecule has 1 saturated heterocycles. The van der Waals surface area contributed by atoms with Crippen LogP contribution in [0.15, 0.2) is 11.0 Å². The number of ether oxygens (including phenoxy) is 1. The zero-order chi connectivity index (χ0) is 21.5. The van der Waals surface area contributed by atoms with Crippen molar-refractivity contribution in [2.75, 3.05) is 0 Å². The fourth-order valence-corrected chi connectivity index (χ4v) is 4.06. The average Bonchev–Trinajstić information content (AvgIpc) is 2.81. The van der Waals surface area contributed by atoms with Crippen molar-refractivity contribution in [1.82, 2.24) is 9.97 Å². The van der Waals surface area contributed by atoms with E-state index in [-0.39, 0.29) is 6.42 Å². The van der Waals surface area contributed by atoms with E-state index in [0.717, 1.165) is 0 Å². The predicted molar refractivity (Wildman–Crippen MR) is 99.7 cm³/mol. The van der Waals surface area contributed by atoms with E-state index in [1.54, 1.807) is 20.8 Å². The third kappa shape index (κ3) is 4.71. The van der Waals surface area contributed by atoms with Gasteiger partial charge in [0.2, 0.25) is 0 Å². The van der Waals surface area contributed by atoms with Crippen molar-refractivity contribution in [3.05, 3.63) is 27.9 Å². The highest BCUT2D eigenvalue weighted by Gasteiger charge is 2.49. The maximum absolute atomic E-state index is 12.4. The lowest BCUT2D eigenvalue weighted by molar-refractivity contribution is -0.0523. The zero-order valence-electron chi connectivity index (χ0n) is 16.6. The van der Waals surface area contributed by atoms with E-state index in [2.05, 4.69) is 9.97 Å².